The predicted molar refractivity (Wildman–Crippen MR) is 111 cm³/mol. The Bertz CT molecular complexity index is 1020. The first-order chi connectivity index (χ1) is 13.8. The number of hydrogen-bond acceptors (Lipinski definition) is 8. The van der Waals surface area contributed by atoms with Crippen molar-refractivity contribution in [2.75, 3.05) is 12.0 Å². The van der Waals surface area contributed by atoms with Gasteiger partial charge in [0.1, 0.15) is 5.75 Å². The van der Waals surface area contributed by atoms with Crippen molar-refractivity contribution in [2.45, 2.75) is 0 Å². The number of nitro groups is 1. The molecule has 148 valence electrons. The number of carbonyl (C=O) groups excluding carboxylic acids is 1. The molecule has 0 bridgehead atoms. The van der Waals surface area contributed by atoms with Crippen LogP contribution < -0.4 is 10.2 Å². The molecule has 9 nitrogen and oxygen atoms in total. The van der Waals surface area contributed by atoms with Crippen LogP contribution in [0.15, 0.2) is 53.4 Å². The number of nitrogens with one attached hydrogen (secondary N) is 1. The number of non-ortho nitro benzene ring substituents is 1. The van der Waals surface area contributed by atoms with Gasteiger partial charge in [-0.25, -0.2) is 9.80 Å². The van der Waals surface area contributed by atoms with Gasteiger partial charge in [-0.2, -0.15) is 0 Å². The van der Waals surface area contributed by atoms with Crippen molar-refractivity contribution >= 4 is 57.6 Å². The number of rotatable bonds is 7. The molecule has 0 saturated carbocycles. The molecule has 2 aromatic rings. The molecule has 1 aliphatic heterocycles. The number of anilines is 1. The molecule has 0 aliphatic carbocycles. The van der Waals surface area contributed by atoms with E-state index < -0.39 is 23.4 Å². The topological polar surface area (TPSA) is 122 Å². The maximum Gasteiger partial charge on any atom is 0.341 e. The van der Waals surface area contributed by atoms with Crippen molar-refractivity contribution in [3.63, 3.8) is 0 Å². The number of carbonyl (C=O) groups is 2. The van der Waals surface area contributed by atoms with Gasteiger partial charge >= 0.3 is 5.97 Å². The van der Waals surface area contributed by atoms with Gasteiger partial charge in [-0.1, -0.05) is 30.0 Å². The molecule has 2 aromatic carbocycles. The number of ether oxygens (including phenoxy) is 1. The van der Waals surface area contributed by atoms with E-state index in [4.69, 9.17) is 22.1 Å². The summed E-state index contributed by atoms with van der Waals surface area (Å²) >= 11 is 6.31. The summed E-state index contributed by atoms with van der Waals surface area (Å²) in [6.07, 6.45) is 1.56. The fourth-order valence-corrected chi connectivity index (χ4v) is 3.53. The average molecular weight is 431 g/mol. The summed E-state index contributed by atoms with van der Waals surface area (Å²) in [5, 5.41) is 20.7. The van der Waals surface area contributed by atoms with Gasteiger partial charge < -0.3 is 9.84 Å². The van der Waals surface area contributed by atoms with E-state index in [9.17, 15) is 19.7 Å². The number of nitrogens with zero attached hydrogens (tertiary/aromatic N) is 2. The molecule has 1 fully saturated rings. The molecule has 0 spiro atoms. The molecule has 1 aliphatic rings. The molecule has 0 radical (unpaired) electrons. The summed E-state index contributed by atoms with van der Waals surface area (Å²) in [5.41, 5.74) is 3.74. The van der Waals surface area contributed by atoms with E-state index in [1.165, 1.54) is 24.3 Å². The van der Waals surface area contributed by atoms with Crippen LogP contribution in [0.4, 0.5) is 11.4 Å². The van der Waals surface area contributed by atoms with E-state index in [0.29, 0.717) is 21.9 Å². The van der Waals surface area contributed by atoms with Gasteiger partial charge in [0.05, 0.1) is 15.5 Å². The van der Waals surface area contributed by atoms with Crippen LogP contribution in [0.3, 0.4) is 0 Å². The number of aliphatic carboxylic acids is 1. The van der Waals surface area contributed by atoms with Crippen LogP contribution in [0.5, 0.6) is 5.75 Å². The lowest BCUT2D eigenvalue weighted by Crippen LogP contribution is -2.33. The molecule has 3 rings (SSSR count). The first kappa shape index (κ1) is 20.3. The Morgan fingerprint density at radius 2 is 1.97 bits per heavy atom. The number of carboxylic acids is 1. The fourth-order valence-electron chi connectivity index (χ4n) is 2.36. The highest BCUT2D eigenvalue weighted by atomic mass is 32.2. The minimum Gasteiger partial charge on any atom is -0.481 e. The third kappa shape index (κ3) is 4.89. The fraction of sp³-hybridized carbons (Fsp3) is 0.0556. The Hall–Kier alpha value is -3.44. The molecule has 11 heteroatoms. The van der Waals surface area contributed by atoms with Crippen molar-refractivity contribution in [2.24, 2.45) is 0 Å². The number of benzene rings is 2. The summed E-state index contributed by atoms with van der Waals surface area (Å²) < 4.78 is 5.50. The third-order valence-corrected chi connectivity index (χ3v) is 4.97. The van der Waals surface area contributed by atoms with Gasteiger partial charge in [0.25, 0.3) is 11.6 Å². The first-order valence-electron chi connectivity index (χ1n) is 8.08. The minimum atomic E-state index is -1.11. The van der Waals surface area contributed by atoms with Gasteiger partial charge in [-0.3, -0.25) is 20.3 Å². The van der Waals surface area contributed by atoms with Gasteiger partial charge in [-0.15, -0.1) is 0 Å². The smallest absolute Gasteiger partial charge is 0.341 e. The molecular weight excluding hydrogens is 418 g/mol. The van der Waals surface area contributed by atoms with E-state index in [1.807, 2.05) is 0 Å². The zero-order valence-electron chi connectivity index (χ0n) is 14.6. The lowest BCUT2D eigenvalue weighted by molar-refractivity contribution is -0.384. The Labute approximate surface area is 174 Å². The second kappa shape index (κ2) is 8.71. The normalized spacial score (nSPS) is 14.9. The maximum absolute atomic E-state index is 12.7. The monoisotopic (exact) mass is 431 g/mol. The van der Waals surface area contributed by atoms with Crippen molar-refractivity contribution < 1.29 is 24.4 Å². The largest absolute Gasteiger partial charge is 0.481 e. The Morgan fingerprint density at radius 3 is 2.62 bits per heavy atom. The van der Waals surface area contributed by atoms with Crippen LogP contribution in [0.1, 0.15) is 5.56 Å². The molecule has 0 aromatic heterocycles. The SMILES string of the molecule is O=C(O)COc1ccccc1/C=C1/SC(=S)N(Nc2ccc([N+](=O)[O-])cc2)C1=O. The Morgan fingerprint density at radius 1 is 1.28 bits per heavy atom. The van der Waals surface area contributed by atoms with Crippen LogP contribution in [0, 0.1) is 10.1 Å². The van der Waals surface area contributed by atoms with Crippen molar-refractivity contribution in [1.82, 2.24) is 5.01 Å². The van der Waals surface area contributed by atoms with Crippen LogP contribution in [-0.4, -0.2) is 37.8 Å². The van der Waals surface area contributed by atoms with Crippen LogP contribution in [-0.2, 0) is 9.59 Å². The summed E-state index contributed by atoms with van der Waals surface area (Å²) in [4.78, 5) is 34.0. The lowest BCUT2D eigenvalue weighted by atomic mass is 10.2. The quantitative estimate of drug-likeness (QED) is 0.294. The first-order valence-corrected chi connectivity index (χ1v) is 9.30. The van der Waals surface area contributed by atoms with Gasteiger partial charge in [0, 0.05) is 17.7 Å². The van der Waals surface area contributed by atoms with Crippen molar-refractivity contribution in [3.05, 3.63) is 69.1 Å². The van der Waals surface area contributed by atoms with E-state index in [-0.39, 0.29) is 10.0 Å². The summed E-state index contributed by atoms with van der Waals surface area (Å²) in [6, 6.07) is 12.3. The zero-order chi connectivity index (χ0) is 21.0. The van der Waals surface area contributed by atoms with Gasteiger partial charge in [-0.05, 0) is 36.5 Å². The zero-order valence-corrected chi connectivity index (χ0v) is 16.2. The molecular formula is C18H13N3O6S2. The van der Waals surface area contributed by atoms with Crippen molar-refractivity contribution in [3.8, 4) is 5.75 Å². The second-order valence-corrected chi connectivity index (χ2v) is 7.33. The number of thioether (sulfide) groups is 1. The summed E-state index contributed by atoms with van der Waals surface area (Å²) in [7, 11) is 0. The van der Waals surface area contributed by atoms with Crippen LogP contribution >= 0.6 is 24.0 Å². The Balaban J connectivity index is 1.78. The molecule has 0 atom stereocenters. The maximum atomic E-state index is 12.7. The highest BCUT2D eigenvalue weighted by Crippen LogP contribution is 2.34. The highest BCUT2D eigenvalue weighted by Gasteiger charge is 2.32. The molecule has 1 saturated heterocycles. The predicted octanol–water partition coefficient (Wildman–Crippen LogP) is 3.29. The minimum absolute atomic E-state index is 0.0706. The average Bonchev–Trinajstić information content (AvgIpc) is 2.95. The summed E-state index contributed by atoms with van der Waals surface area (Å²) in [6.45, 7) is -0.506. The summed E-state index contributed by atoms with van der Waals surface area (Å²) in [5.74, 6) is -1.20. The van der Waals surface area contributed by atoms with Crippen LogP contribution in [0.25, 0.3) is 6.08 Å². The number of thiocarbonyl (C=S) groups is 1. The lowest BCUT2D eigenvalue weighted by Gasteiger charge is -2.16. The van der Waals surface area contributed by atoms with Gasteiger partial charge in [0.15, 0.2) is 10.9 Å². The van der Waals surface area contributed by atoms with E-state index >= 15 is 0 Å². The molecule has 29 heavy (non-hydrogen) atoms. The number of nitro benzene ring substituents is 1. The number of carboxylic acid groups (broad SMARTS) is 1. The number of amides is 1. The van der Waals surface area contributed by atoms with Gasteiger partial charge in [0.2, 0.25) is 0 Å². The van der Waals surface area contributed by atoms with E-state index in [2.05, 4.69) is 5.43 Å². The highest BCUT2D eigenvalue weighted by molar-refractivity contribution is 8.26. The molecule has 2 N–H and O–H groups in total. The van der Waals surface area contributed by atoms with Crippen LogP contribution in [0.2, 0.25) is 0 Å². The number of hydrazine groups is 1. The number of para-hydroxylation sites is 1. The second-order valence-electron chi connectivity index (χ2n) is 5.65. The molecule has 1 amide bonds. The van der Waals surface area contributed by atoms with E-state index in [1.54, 1.807) is 30.3 Å². The van der Waals surface area contributed by atoms with E-state index in [0.717, 1.165) is 16.8 Å². The Kier molecular flexibility index (Phi) is 6.10. The molecule has 0 unspecified atom stereocenters. The number of hydrogen-bond donors (Lipinski definition) is 2. The van der Waals surface area contributed by atoms with Crippen molar-refractivity contribution in [1.29, 1.82) is 0 Å². The third-order valence-electron chi connectivity index (χ3n) is 3.67. The standard InChI is InChI=1S/C18H13N3O6S2/c22-16(23)10-27-14-4-2-1-3-11(14)9-15-17(24)20(18(28)29-15)19-12-5-7-13(8-6-12)21(25)26/h1-9,19H,10H2,(H,22,23)/b15-9+. The molecule has 1 heterocycles.